The molecule has 0 aliphatic carbocycles. The van der Waals surface area contributed by atoms with Gasteiger partial charge in [0.05, 0.1) is 0 Å². The van der Waals surface area contributed by atoms with Crippen LogP contribution in [0.1, 0.15) is 329 Å². The van der Waals surface area contributed by atoms with Crippen LogP contribution in [0.2, 0.25) is 0 Å². The summed E-state index contributed by atoms with van der Waals surface area (Å²) in [6.07, 6.45) is 78.1. The van der Waals surface area contributed by atoms with Crippen LogP contribution in [0, 0.1) is 0 Å². The molecule has 0 N–H and O–H groups in total. The summed E-state index contributed by atoms with van der Waals surface area (Å²) in [5, 5.41) is 0. The molecule has 0 aliphatic rings. The summed E-state index contributed by atoms with van der Waals surface area (Å²) < 4.78 is 16.9. The van der Waals surface area contributed by atoms with Crippen LogP contribution in [0.15, 0.2) is 60.8 Å². The molecule has 0 radical (unpaired) electrons. The van der Waals surface area contributed by atoms with E-state index in [1.54, 1.807) is 0 Å². The lowest BCUT2D eigenvalue weighted by atomic mass is 10.0. The fourth-order valence-corrected chi connectivity index (χ4v) is 9.30. The molecule has 0 spiro atoms. The third-order valence-electron chi connectivity index (χ3n) is 14.0. The monoisotopic (exact) mass is 1020 g/mol. The predicted octanol–water partition coefficient (Wildman–Crippen LogP) is 21.6. The van der Waals surface area contributed by atoms with Crippen molar-refractivity contribution in [1.29, 1.82) is 0 Å². The van der Waals surface area contributed by atoms with Gasteiger partial charge in [0, 0.05) is 19.3 Å². The number of carbonyl (C=O) groups is 3. The molecular formula is C67H120O6. The quantitative estimate of drug-likeness (QED) is 0.0261. The first-order valence-electron chi connectivity index (χ1n) is 31.8. The minimum Gasteiger partial charge on any atom is -0.462 e. The second-order valence-corrected chi connectivity index (χ2v) is 21.3. The number of esters is 3. The van der Waals surface area contributed by atoms with E-state index in [1.165, 1.54) is 199 Å². The Bertz CT molecular complexity index is 1310. The summed E-state index contributed by atoms with van der Waals surface area (Å²) in [5.74, 6) is -0.852. The summed E-state index contributed by atoms with van der Waals surface area (Å²) in [4.78, 5) is 38.2. The number of hydrogen-bond donors (Lipinski definition) is 0. The molecule has 1 unspecified atom stereocenters. The third-order valence-corrected chi connectivity index (χ3v) is 14.0. The van der Waals surface area contributed by atoms with Crippen molar-refractivity contribution in [3.63, 3.8) is 0 Å². The van der Waals surface area contributed by atoms with Gasteiger partial charge < -0.3 is 14.2 Å². The highest BCUT2D eigenvalue weighted by atomic mass is 16.6. The molecule has 0 aromatic rings. The zero-order chi connectivity index (χ0) is 52.9. The Hall–Kier alpha value is -2.89. The van der Waals surface area contributed by atoms with Gasteiger partial charge in [-0.3, -0.25) is 14.4 Å². The van der Waals surface area contributed by atoms with Crippen LogP contribution in [0.25, 0.3) is 0 Å². The van der Waals surface area contributed by atoms with Crippen LogP contribution in [0.3, 0.4) is 0 Å². The smallest absolute Gasteiger partial charge is 0.306 e. The second kappa shape index (κ2) is 61.7. The van der Waals surface area contributed by atoms with Crippen molar-refractivity contribution in [2.75, 3.05) is 13.2 Å². The van der Waals surface area contributed by atoms with E-state index in [0.29, 0.717) is 19.3 Å². The number of ether oxygens (including phenoxy) is 3. The minimum absolute atomic E-state index is 0.0685. The van der Waals surface area contributed by atoms with Gasteiger partial charge in [-0.1, -0.05) is 306 Å². The van der Waals surface area contributed by atoms with Crippen LogP contribution in [0.5, 0.6) is 0 Å². The summed E-state index contributed by atoms with van der Waals surface area (Å²) in [7, 11) is 0. The van der Waals surface area contributed by atoms with Crippen molar-refractivity contribution < 1.29 is 28.6 Å². The summed E-state index contributed by atoms with van der Waals surface area (Å²) in [6, 6.07) is 0. The predicted molar refractivity (Wildman–Crippen MR) is 316 cm³/mol. The molecule has 6 heteroatoms. The molecule has 0 saturated carbocycles. The molecule has 0 rings (SSSR count). The fourth-order valence-electron chi connectivity index (χ4n) is 9.30. The zero-order valence-corrected chi connectivity index (χ0v) is 48.7. The molecule has 0 amide bonds. The highest BCUT2D eigenvalue weighted by Gasteiger charge is 2.19. The van der Waals surface area contributed by atoms with Gasteiger partial charge in [-0.25, -0.2) is 0 Å². The first kappa shape index (κ1) is 70.1. The normalized spacial score (nSPS) is 12.4. The second-order valence-electron chi connectivity index (χ2n) is 21.3. The van der Waals surface area contributed by atoms with Gasteiger partial charge in [0.25, 0.3) is 0 Å². The molecule has 424 valence electrons. The lowest BCUT2D eigenvalue weighted by Crippen LogP contribution is -2.30. The molecule has 0 saturated heterocycles. The summed E-state index contributed by atoms with van der Waals surface area (Å²) in [5.41, 5.74) is 0. The minimum atomic E-state index is -0.769. The molecule has 1 atom stereocenters. The Morgan fingerprint density at radius 2 is 0.534 bits per heavy atom. The Balaban J connectivity index is 4.15. The van der Waals surface area contributed by atoms with Gasteiger partial charge in [-0.15, -0.1) is 0 Å². The number of allylic oxidation sites excluding steroid dienone is 10. The van der Waals surface area contributed by atoms with E-state index in [4.69, 9.17) is 14.2 Å². The number of unbranched alkanes of at least 4 members (excludes halogenated alkanes) is 37. The van der Waals surface area contributed by atoms with E-state index in [1.807, 2.05) is 0 Å². The van der Waals surface area contributed by atoms with Crippen molar-refractivity contribution in [3.05, 3.63) is 60.8 Å². The van der Waals surface area contributed by atoms with Crippen LogP contribution in [-0.2, 0) is 28.6 Å². The molecule has 0 bridgehead atoms. The Kier molecular flexibility index (Phi) is 59.2. The fraction of sp³-hybridized carbons (Fsp3) is 0.806. The van der Waals surface area contributed by atoms with Gasteiger partial charge in [0.15, 0.2) is 6.10 Å². The first-order valence-corrected chi connectivity index (χ1v) is 31.8. The van der Waals surface area contributed by atoms with Gasteiger partial charge in [0.2, 0.25) is 0 Å². The Labute approximate surface area is 453 Å². The van der Waals surface area contributed by atoms with Crippen molar-refractivity contribution in [2.24, 2.45) is 0 Å². The third kappa shape index (κ3) is 59.9. The van der Waals surface area contributed by atoms with Crippen molar-refractivity contribution in [1.82, 2.24) is 0 Å². The maximum absolute atomic E-state index is 12.9. The van der Waals surface area contributed by atoms with Crippen LogP contribution >= 0.6 is 0 Å². The lowest BCUT2D eigenvalue weighted by Gasteiger charge is -2.18. The average Bonchev–Trinajstić information content (AvgIpc) is 3.39. The van der Waals surface area contributed by atoms with E-state index in [9.17, 15) is 14.4 Å². The molecule has 73 heavy (non-hydrogen) atoms. The van der Waals surface area contributed by atoms with E-state index in [0.717, 1.165) is 89.9 Å². The number of hydrogen-bond acceptors (Lipinski definition) is 6. The van der Waals surface area contributed by atoms with E-state index in [2.05, 4.69) is 81.5 Å². The van der Waals surface area contributed by atoms with Crippen LogP contribution < -0.4 is 0 Å². The van der Waals surface area contributed by atoms with Gasteiger partial charge in [-0.2, -0.15) is 0 Å². The highest BCUT2D eigenvalue weighted by Crippen LogP contribution is 2.17. The molecule has 0 aromatic carbocycles. The number of carbonyl (C=O) groups excluding carboxylic acids is 3. The van der Waals surface area contributed by atoms with Crippen LogP contribution in [0.4, 0.5) is 0 Å². The largest absolute Gasteiger partial charge is 0.462 e. The van der Waals surface area contributed by atoms with Gasteiger partial charge in [-0.05, 0) is 64.2 Å². The molecule has 6 nitrogen and oxygen atoms in total. The van der Waals surface area contributed by atoms with Crippen molar-refractivity contribution in [3.8, 4) is 0 Å². The maximum atomic E-state index is 12.9. The SMILES string of the molecule is CC/C=C\C/C=C\C/C=C\C/C=C\C/C=C\CCCCCCCCCCCCCCCC(=O)OCC(COC(=O)CCCCCCCCCCCC)OC(=O)CCCCCCCCCCCCCCCCCC. The van der Waals surface area contributed by atoms with Crippen molar-refractivity contribution >= 4 is 17.9 Å². The maximum Gasteiger partial charge on any atom is 0.306 e. The average molecular weight is 1020 g/mol. The molecule has 0 heterocycles. The molecular weight excluding hydrogens is 901 g/mol. The molecule has 0 aromatic heterocycles. The van der Waals surface area contributed by atoms with Crippen molar-refractivity contribution in [2.45, 2.75) is 335 Å². The first-order chi connectivity index (χ1) is 36.0. The van der Waals surface area contributed by atoms with Gasteiger partial charge >= 0.3 is 17.9 Å². The van der Waals surface area contributed by atoms with E-state index >= 15 is 0 Å². The molecule has 0 fully saturated rings. The molecule has 0 aliphatic heterocycles. The lowest BCUT2D eigenvalue weighted by molar-refractivity contribution is -0.167. The standard InChI is InChI=1S/C67H120O6/c1-4-7-10-13-16-19-22-24-26-28-29-30-31-32-33-34-35-36-37-38-39-40-42-43-45-48-51-54-57-60-66(69)72-63-64(62-71-65(68)59-56-53-50-47-21-18-15-12-9-6-3)73-67(70)61-58-55-52-49-46-44-41-27-25-23-20-17-14-11-8-5-2/h7,10,16,19,24,26,29-30,32-33,64H,4-6,8-9,11-15,17-18,20-23,25,27-28,31,34-63H2,1-3H3/b10-7-,19-16-,26-24-,30-29-,33-32-. The van der Waals surface area contributed by atoms with Gasteiger partial charge in [0.1, 0.15) is 13.2 Å². The highest BCUT2D eigenvalue weighted by molar-refractivity contribution is 5.71. The zero-order valence-electron chi connectivity index (χ0n) is 48.7. The van der Waals surface area contributed by atoms with Crippen LogP contribution in [-0.4, -0.2) is 37.2 Å². The summed E-state index contributed by atoms with van der Waals surface area (Å²) in [6.45, 7) is 6.56. The number of rotatable bonds is 58. The topological polar surface area (TPSA) is 78.9 Å². The van der Waals surface area contributed by atoms with E-state index in [-0.39, 0.29) is 31.1 Å². The Morgan fingerprint density at radius 3 is 0.836 bits per heavy atom. The Morgan fingerprint density at radius 1 is 0.288 bits per heavy atom. The van der Waals surface area contributed by atoms with E-state index < -0.39 is 6.10 Å². The summed E-state index contributed by atoms with van der Waals surface area (Å²) >= 11 is 0.